The summed E-state index contributed by atoms with van der Waals surface area (Å²) >= 11 is 0. The number of rotatable bonds is 3. The summed E-state index contributed by atoms with van der Waals surface area (Å²) in [5, 5.41) is 3.94. The second kappa shape index (κ2) is 5.08. The summed E-state index contributed by atoms with van der Waals surface area (Å²) in [5.74, 6) is 1.00. The fourth-order valence-electron chi connectivity index (χ4n) is 3.72. The third-order valence-electron chi connectivity index (χ3n) is 4.80. The maximum Gasteiger partial charge on any atom is 0.00749 e. The van der Waals surface area contributed by atoms with Crippen molar-refractivity contribution < 1.29 is 0 Å². The van der Waals surface area contributed by atoms with Crippen LogP contribution >= 0.6 is 0 Å². The lowest BCUT2D eigenvalue weighted by molar-refractivity contribution is 0.256. The molecule has 2 saturated carbocycles. The van der Waals surface area contributed by atoms with Gasteiger partial charge in [-0.05, 0) is 43.4 Å². The van der Waals surface area contributed by atoms with Crippen LogP contribution in [-0.4, -0.2) is 12.1 Å². The second-order valence-corrected chi connectivity index (χ2v) is 6.91. The molecule has 1 nitrogen and oxygen atoms in total. The van der Waals surface area contributed by atoms with E-state index in [-0.39, 0.29) is 0 Å². The van der Waals surface area contributed by atoms with Crippen molar-refractivity contribution >= 4 is 0 Å². The molecule has 16 heavy (non-hydrogen) atoms. The molecule has 1 N–H and O–H groups in total. The highest BCUT2D eigenvalue weighted by atomic mass is 15.0. The minimum absolute atomic E-state index is 0.594. The van der Waals surface area contributed by atoms with Crippen molar-refractivity contribution in [2.75, 3.05) is 0 Å². The van der Waals surface area contributed by atoms with Crippen LogP contribution in [0.4, 0.5) is 0 Å². The highest BCUT2D eigenvalue weighted by molar-refractivity contribution is 4.89. The molecule has 0 heterocycles. The lowest BCUT2D eigenvalue weighted by atomic mass is 9.84. The minimum Gasteiger partial charge on any atom is -0.311 e. The Balaban J connectivity index is 1.77. The van der Waals surface area contributed by atoms with Crippen LogP contribution in [0.3, 0.4) is 0 Å². The van der Waals surface area contributed by atoms with E-state index in [0.29, 0.717) is 5.41 Å². The normalized spacial score (nSPS) is 38.8. The fraction of sp³-hybridized carbons (Fsp3) is 1.00. The monoisotopic (exact) mass is 223 g/mol. The van der Waals surface area contributed by atoms with Gasteiger partial charge in [0.05, 0.1) is 0 Å². The molecule has 2 aliphatic rings. The Morgan fingerprint density at radius 3 is 2.56 bits per heavy atom. The first-order valence-corrected chi connectivity index (χ1v) is 7.35. The van der Waals surface area contributed by atoms with Crippen LogP contribution in [0.25, 0.3) is 0 Å². The highest BCUT2D eigenvalue weighted by Crippen LogP contribution is 2.38. The van der Waals surface area contributed by atoms with Gasteiger partial charge in [0.1, 0.15) is 0 Å². The standard InChI is InChI=1S/C15H29N/c1-4-12-6-5-7-13(10-12)16-14-8-9-15(2,3)11-14/h12-14,16H,4-11H2,1-3H3. The third-order valence-corrected chi connectivity index (χ3v) is 4.80. The molecule has 94 valence electrons. The van der Waals surface area contributed by atoms with Gasteiger partial charge in [-0.25, -0.2) is 0 Å². The molecule has 2 aliphatic carbocycles. The van der Waals surface area contributed by atoms with Crippen molar-refractivity contribution in [2.45, 2.75) is 84.2 Å². The Hall–Kier alpha value is -0.0400. The van der Waals surface area contributed by atoms with Crippen molar-refractivity contribution in [2.24, 2.45) is 11.3 Å². The topological polar surface area (TPSA) is 12.0 Å². The van der Waals surface area contributed by atoms with Gasteiger partial charge in [0.25, 0.3) is 0 Å². The molecule has 2 rings (SSSR count). The molecule has 2 fully saturated rings. The maximum atomic E-state index is 3.94. The van der Waals surface area contributed by atoms with E-state index in [1.807, 2.05) is 0 Å². The zero-order chi connectivity index (χ0) is 11.6. The summed E-state index contributed by atoms with van der Waals surface area (Å²) in [5.41, 5.74) is 0.594. The Bertz CT molecular complexity index is 221. The molecular formula is C15H29N. The Kier molecular flexibility index (Phi) is 3.94. The number of nitrogens with one attached hydrogen (secondary N) is 1. The maximum absolute atomic E-state index is 3.94. The van der Waals surface area contributed by atoms with Gasteiger partial charge >= 0.3 is 0 Å². The molecule has 0 radical (unpaired) electrons. The van der Waals surface area contributed by atoms with E-state index in [1.165, 1.54) is 51.4 Å². The van der Waals surface area contributed by atoms with Crippen molar-refractivity contribution in [3.05, 3.63) is 0 Å². The lowest BCUT2D eigenvalue weighted by Gasteiger charge is -2.31. The van der Waals surface area contributed by atoms with Crippen molar-refractivity contribution in [1.29, 1.82) is 0 Å². The van der Waals surface area contributed by atoms with Crippen molar-refractivity contribution in [3.8, 4) is 0 Å². The van der Waals surface area contributed by atoms with Gasteiger partial charge in [0.15, 0.2) is 0 Å². The van der Waals surface area contributed by atoms with Gasteiger partial charge in [-0.1, -0.05) is 40.0 Å². The van der Waals surface area contributed by atoms with E-state index in [4.69, 9.17) is 0 Å². The fourth-order valence-corrected chi connectivity index (χ4v) is 3.72. The van der Waals surface area contributed by atoms with Gasteiger partial charge in [0, 0.05) is 12.1 Å². The van der Waals surface area contributed by atoms with E-state index in [9.17, 15) is 0 Å². The third kappa shape index (κ3) is 3.23. The quantitative estimate of drug-likeness (QED) is 0.759. The Morgan fingerprint density at radius 1 is 1.12 bits per heavy atom. The average Bonchev–Trinajstić information content (AvgIpc) is 2.58. The molecule has 3 atom stereocenters. The summed E-state index contributed by atoms with van der Waals surface area (Å²) in [6.07, 6.45) is 11.4. The van der Waals surface area contributed by atoms with Gasteiger partial charge in [-0.15, -0.1) is 0 Å². The molecule has 1 heteroatoms. The van der Waals surface area contributed by atoms with Crippen LogP contribution < -0.4 is 5.32 Å². The first kappa shape index (κ1) is 12.4. The largest absolute Gasteiger partial charge is 0.311 e. The molecule has 0 bridgehead atoms. The minimum atomic E-state index is 0.594. The molecule has 0 amide bonds. The zero-order valence-corrected chi connectivity index (χ0v) is 11.4. The molecule has 0 aromatic carbocycles. The van der Waals surface area contributed by atoms with Crippen LogP contribution in [0, 0.1) is 11.3 Å². The zero-order valence-electron chi connectivity index (χ0n) is 11.4. The van der Waals surface area contributed by atoms with Gasteiger partial charge in [0.2, 0.25) is 0 Å². The Morgan fingerprint density at radius 2 is 1.94 bits per heavy atom. The molecule has 0 spiro atoms. The predicted molar refractivity (Wildman–Crippen MR) is 70.6 cm³/mol. The van der Waals surface area contributed by atoms with Crippen LogP contribution in [0.2, 0.25) is 0 Å². The van der Waals surface area contributed by atoms with Gasteiger partial charge in [-0.2, -0.15) is 0 Å². The van der Waals surface area contributed by atoms with E-state index >= 15 is 0 Å². The lowest BCUT2D eigenvalue weighted by Crippen LogP contribution is -2.40. The summed E-state index contributed by atoms with van der Waals surface area (Å²) < 4.78 is 0. The first-order valence-electron chi connectivity index (χ1n) is 7.35. The number of hydrogen-bond acceptors (Lipinski definition) is 1. The molecule has 3 unspecified atom stereocenters. The molecule has 0 saturated heterocycles. The van der Waals surface area contributed by atoms with E-state index in [1.54, 1.807) is 0 Å². The first-order chi connectivity index (χ1) is 7.59. The van der Waals surface area contributed by atoms with Gasteiger partial charge < -0.3 is 5.32 Å². The van der Waals surface area contributed by atoms with Crippen LogP contribution in [0.5, 0.6) is 0 Å². The molecular weight excluding hydrogens is 194 g/mol. The summed E-state index contributed by atoms with van der Waals surface area (Å²) in [7, 11) is 0. The second-order valence-electron chi connectivity index (χ2n) is 6.91. The summed E-state index contributed by atoms with van der Waals surface area (Å²) in [4.78, 5) is 0. The van der Waals surface area contributed by atoms with Crippen molar-refractivity contribution in [3.63, 3.8) is 0 Å². The molecule has 0 aliphatic heterocycles. The Labute approximate surface area is 101 Å². The van der Waals surface area contributed by atoms with E-state index < -0.39 is 0 Å². The van der Waals surface area contributed by atoms with Crippen molar-refractivity contribution in [1.82, 2.24) is 5.32 Å². The predicted octanol–water partition coefficient (Wildman–Crippen LogP) is 4.12. The van der Waals surface area contributed by atoms with E-state index in [0.717, 1.165) is 18.0 Å². The molecule has 0 aromatic heterocycles. The highest BCUT2D eigenvalue weighted by Gasteiger charge is 2.32. The number of hydrogen-bond donors (Lipinski definition) is 1. The molecule has 0 aromatic rings. The van der Waals surface area contributed by atoms with Gasteiger partial charge in [-0.3, -0.25) is 0 Å². The van der Waals surface area contributed by atoms with Crippen LogP contribution in [0.15, 0.2) is 0 Å². The average molecular weight is 223 g/mol. The smallest absolute Gasteiger partial charge is 0.00749 e. The summed E-state index contributed by atoms with van der Waals surface area (Å²) in [6.45, 7) is 7.19. The summed E-state index contributed by atoms with van der Waals surface area (Å²) in [6, 6.07) is 1.65. The van der Waals surface area contributed by atoms with E-state index in [2.05, 4.69) is 26.1 Å². The van der Waals surface area contributed by atoms with Crippen LogP contribution in [-0.2, 0) is 0 Å². The van der Waals surface area contributed by atoms with Crippen LogP contribution in [0.1, 0.15) is 72.1 Å². The SMILES string of the molecule is CCC1CCCC(NC2CCC(C)(C)C2)C1.